The van der Waals surface area contributed by atoms with Gasteiger partial charge in [0, 0.05) is 11.4 Å². The predicted molar refractivity (Wildman–Crippen MR) is 144 cm³/mol. The molecule has 202 valence electrons. The fourth-order valence-corrected chi connectivity index (χ4v) is 4.66. The van der Waals surface area contributed by atoms with E-state index in [1.165, 1.54) is 39.0 Å². The monoisotopic (exact) mass is 559 g/mol. The summed E-state index contributed by atoms with van der Waals surface area (Å²) in [6.45, 7) is -0.759. The Morgan fingerprint density at radius 2 is 1.70 bits per heavy atom. The highest BCUT2D eigenvalue weighted by Crippen LogP contribution is 2.30. The number of aromatic nitrogens is 4. The molecule has 1 aliphatic heterocycles. The van der Waals surface area contributed by atoms with Gasteiger partial charge in [-0.1, -0.05) is 54.1 Å². The smallest absolute Gasteiger partial charge is 0.337 e. The van der Waals surface area contributed by atoms with Gasteiger partial charge < -0.3 is 15.3 Å². The molecule has 0 saturated carbocycles. The van der Waals surface area contributed by atoms with Crippen LogP contribution in [0.1, 0.15) is 15.9 Å². The number of nitrogens with zero attached hydrogens (tertiary/aromatic N) is 6. The Hall–Kier alpha value is -5.10. The predicted octanol–water partition coefficient (Wildman–Crippen LogP) is 2.44. The molecule has 1 fully saturated rings. The summed E-state index contributed by atoms with van der Waals surface area (Å²) in [5, 5.41) is 23.6. The molecular weight excluding hydrogens is 538 g/mol. The van der Waals surface area contributed by atoms with Crippen molar-refractivity contribution in [1.82, 2.24) is 25.1 Å². The van der Waals surface area contributed by atoms with Crippen molar-refractivity contribution in [2.45, 2.75) is 12.5 Å². The Labute approximate surface area is 232 Å². The number of nitrogens with one attached hydrogen (secondary N) is 1. The molecule has 1 saturated heterocycles. The van der Waals surface area contributed by atoms with E-state index in [1.807, 2.05) is 6.07 Å². The molecule has 1 atom stereocenters. The summed E-state index contributed by atoms with van der Waals surface area (Å²) in [6, 6.07) is 18.7. The van der Waals surface area contributed by atoms with Crippen molar-refractivity contribution >= 4 is 46.7 Å². The van der Waals surface area contributed by atoms with Gasteiger partial charge in [0.1, 0.15) is 25.5 Å². The van der Waals surface area contributed by atoms with E-state index in [4.69, 9.17) is 11.6 Å². The van der Waals surface area contributed by atoms with E-state index >= 15 is 0 Å². The molecule has 12 nitrogen and oxygen atoms in total. The molecule has 1 unspecified atom stereocenters. The number of piperazine rings is 1. The number of anilines is 2. The van der Waals surface area contributed by atoms with Crippen LogP contribution in [-0.2, 0) is 20.8 Å². The molecule has 1 aliphatic rings. The lowest BCUT2D eigenvalue weighted by Gasteiger charge is -2.38. The third-order valence-corrected chi connectivity index (χ3v) is 6.65. The zero-order chi connectivity index (χ0) is 28.2. The second kappa shape index (κ2) is 11.3. The van der Waals surface area contributed by atoms with Crippen LogP contribution in [0, 0.1) is 0 Å². The summed E-state index contributed by atoms with van der Waals surface area (Å²) in [5.74, 6) is -2.77. The summed E-state index contributed by atoms with van der Waals surface area (Å²) >= 11 is 6.22. The molecule has 3 amide bonds. The van der Waals surface area contributed by atoms with Gasteiger partial charge in [-0.05, 0) is 46.3 Å². The maximum Gasteiger partial charge on any atom is 0.337 e. The standard InChI is InChI=1S/C27H22ClN7O5/c28-18-10-11-21(35-16-29-31-32-35)22(13-18)33-14-25(37)34(15-24(33)36)23(12-17-6-2-1-3-7-17)26(38)30-20-9-5-4-8-19(20)27(39)40/h1-11,13,16,23H,12,14-15H2,(H,30,38)(H,39,40). The van der Waals surface area contributed by atoms with Gasteiger partial charge >= 0.3 is 5.97 Å². The van der Waals surface area contributed by atoms with E-state index in [-0.39, 0.29) is 24.2 Å². The Morgan fingerprint density at radius 1 is 0.950 bits per heavy atom. The van der Waals surface area contributed by atoms with Crippen LogP contribution in [0.25, 0.3) is 5.69 Å². The number of hydrogen-bond donors (Lipinski definition) is 2. The molecule has 4 aromatic rings. The average Bonchev–Trinajstić information content (AvgIpc) is 3.48. The molecule has 0 spiro atoms. The highest BCUT2D eigenvalue weighted by atomic mass is 35.5. The van der Waals surface area contributed by atoms with Crippen molar-refractivity contribution in [3.8, 4) is 5.69 Å². The van der Waals surface area contributed by atoms with Crippen molar-refractivity contribution in [2.75, 3.05) is 23.3 Å². The Balaban J connectivity index is 1.45. The van der Waals surface area contributed by atoms with Gasteiger partial charge in [-0.15, -0.1) is 5.10 Å². The minimum Gasteiger partial charge on any atom is -0.478 e. The fraction of sp³-hybridized carbons (Fsp3) is 0.148. The number of rotatable bonds is 8. The second-order valence-corrected chi connectivity index (χ2v) is 9.37. The first-order chi connectivity index (χ1) is 19.3. The number of carbonyl (C=O) groups excluding carboxylic acids is 3. The minimum atomic E-state index is -1.21. The summed E-state index contributed by atoms with van der Waals surface area (Å²) in [4.78, 5) is 54.8. The van der Waals surface area contributed by atoms with E-state index in [2.05, 4.69) is 20.8 Å². The van der Waals surface area contributed by atoms with Crippen LogP contribution >= 0.6 is 11.6 Å². The normalized spacial score (nSPS) is 14.2. The van der Waals surface area contributed by atoms with E-state index < -0.39 is 36.3 Å². The molecule has 0 aliphatic carbocycles. The highest BCUT2D eigenvalue weighted by Gasteiger charge is 2.39. The van der Waals surface area contributed by atoms with Crippen LogP contribution in [0.2, 0.25) is 5.02 Å². The fourth-order valence-electron chi connectivity index (χ4n) is 4.49. The number of halogens is 1. The number of carbonyl (C=O) groups is 4. The number of carboxylic acid groups (broad SMARTS) is 1. The lowest BCUT2D eigenvalue weighted by atomic mass is 10.0. The molecule has 5 rings (SSSR count). The van der Waals surface area contributed by atoms with Gasteiger partial charge in [0.2, 0.25) is 17.7 Å². The Morgan fingerprint density at radius 3 is 2.42 bits per heavy atom. The number of hydrogen-bond acceptors (Lipinski definition) is 7. The second-order valence-electron chi connectivity index (χ2n) is 8.93. The highest BCUT2D eigenvalue weighted by molar-refractivity contribution is 6.31. The molecule has 1 aromatic heterocycles. The van der Waals surface area contributed by atoms with E-state index in [9.17, 15) is 24.3 Å². The number of tetrazole rings is 1. The van der Waals surface area contributed by atoms with E-state index in [0.717, 1.165) is 5.56 Å². The van der Waals surface area contributed by atoms with Gasteiger partial charge in [0.05, 0.1) is 22.6 Å². The van der Waals surface area contributed by atoms with Gasteiger partial charge in [-0.25, -0.2) is 4.79 Å². The topological polar surface area (TPSA) is 151 Å². The lowest BCUT2D eigenvalue weighted by molar-refractivity contribution is -0.143. The summed E-state index contributed by atoms with van der Waals surface area (Å²) in [6.07, 6.45) is 1.46. The number of para-hydroxylation sites is 1. The van der Waals surface area contributed by atoms with E-state index in [0.29, 0.717) is 16.4 Å². The quantitative estimate of drug-likeness (QED) is 0.334. The molecule has 0 radical (unpaired) electrons. The number of benzene rings is 3. The summed E-state index contributed by atoms with van der Waals surface area (Å²) in [5.41, 5.74) is 1.51. The molecule has 40 heavy (non-hydrogen) atoms. The molecule has 2 heterocycles. The van der Waals surface area contributed by atoms with Crippen LogP contribution in [0.4, 0.5) is 11.4 Å². The van der Waals surface area contributed by atoms with E-state index in [1.54, 1.807) is 48.5 Å². The van der Waals surface area contributed by atoms with Crippen LogP contribution in [-0.4, -0.2) is 73.0 Å². The first-order valence-electron chi connectivity index (χ1n) is 12.1. The molecule has 3 aromatic carbocycles. The third kappa shape index (κ3) is 5.52. The molecule has 2 N–H and O–H groups in total. The van der Waals surface area contributed by atoms with Crippen molar-refractivity contribution in [2.24, 2.45) is 0 Å². The maximum atomic E-state index is 13.6. The van der Waals surface area contributed by atoms with Gasteiger partial charge in [0.25, 0.3) is 0 Å². The SMILES string of the molecule is O=C(O)c1ccccc1NC(=O)C(Cc1ccccc1)N1CC(=O)N(c2cc(Cl)ccc2-n2cnnn2)CC1=O. The average molecular weight is 560 g/mol. The van der Waals surface area contributed by atoms with Crippen molar-refractivity contribution in [3.05, 3.63) is 95.3 Å². The van der Waals surface area contributed by atoms with Crippen LogP contribution in [0.15, 0.2) is 79.1 Å². The minimum absolute atomic E-state index is 0.0838. The van der Waals surface area contributed by atoms with Crippen LogP contribution < -0.4 is 10.2 Å². The van der Waals surface area contributed by atoms with Gasteiger partial charge in [-0.2, -0.15) is 4.68 Å². The van der Waals surface area contributed by atoms with Gasteiger partial charge in [0.15, 0.2) is 0 Å². The van der Waals surface area contributed by atoms with Crippen molar-refractivity contribution < 1.29 is 24.3 Å². The lowest BCUT2D eigenvalue weighted by Crippen LogP contribution is -2.60. The van der Waals surface area contributed by atoms with Crippen molar-refractivity contribution in [1.29, 1.82) is 0 Å². The first kappa shape index (κ1) is 26.5. The van der Waals surface area contributed by atoms with Crippen molar-refractivity contribution in [3.63, 3.8) is 0 Å². The number of carboxylic acids is 1. The van der Waals surface area contributed by atoms with Crippen LogP contribution in [0.3, 0.4) is 0 Å². The zero-order valence-corrected chi connectivity index (χ0v) is 21.6. The Kier molecular flexibility index (Phi) is 7.51. The maximum absolute atomic E-state index is 13.6. The molecule has 13 heteroatoms. The van der Waals surface area contributed by atoms with Crippen LogP contribution in [0.5, 0.6) is 0 Å². The molecule has 0 bridgehead atoms. The summed E-state index contributed by atoms with van der Waals surface area (Å²) in [7, 11) is 0. The number of aromatic carboxylic acids is 1. The van der Waals surface area contributed by atoms with Gasteiger partial charge in [-0.3, -0.25) is 19.3 Å². The third-order valence-electron chi connectivity index (χ3n) is 6.41. The Bertz CT molecular complexity index is 1580. The zero-order valence-electron chi connectivity index (χ0n) is 20.8. The molecular formula is C27H22ClN7O5. The summed E-state index contributed by atoms with van der Waals surface area (Å²) < 4.78 is 1.35. The number of amides is 3. The largest absolute Gasteiger partial charge is 0.478 e. The first-order valence-corrected chi connectivity index (χ1v) is 12.5.